The Morgan fingerprint density at radius 3 is 2.24 bits per heavy atom. The van der Waals surface area contributed by atoms with E-state index in [1.807, 2.05) is 98.8 Å². The molecule has 5 aromatic rings. The Balaban J connectivity index is 1.18. The molecular formula is C32H33N7O2. The van der Waals surface area contributed by atoms with E-state index in [1.54, 1.807) is 17.1 Å². The van der Waals surface area contributed by atoms with Crippen molar-refractivity contribution in [3.05, 3.63) is 114 Å². The Bertz CT molecular complexity index is 1700. The van der Waals surface area contributed by atoms with Gasteiger partial charge in [-0.1, -0.05) is 48.5 Å². The zero-order chi connectivity index (χ0) is 28.3. The number of pyridine rings is 1. The molecule has 41 heavy (non-hydrogen) atoms. The van der Waals surface area contributed by atoms with Crippen LogP contribution in [-0.4, -0.2) is 56.3 Å². The summed E-state index contributed by atoms with van der Waals surface area (Å²) >= 11 is 0. The highest BCUT2D eigenvalue weighted by Crippen LogP contribution is 2.28. The minimum atomic E-state index is -0.427. The predicted molar refractivity (Wildman–Crippen MR) is 162 cm³/mol. The van der Waals surface area contributed by atoms with Crippen LogP contribution in [-0.2, 0) is 4.79 Å². The van der Waals surface area contributed by atoms with Gasteiger partial charge in [-0.3, -0.25) is 14.7 Å². The highest BCUT2D eigenvalue weighted by molar-refractivity contribution is 6.02. The van der Waals surface area contributed by atoms with Crippen LogP contribution in [0.1, 0.15) is 31.5 Å². The molecule has 0 aliphatic carbocycles. The lowest BCUT2D eigenvalue weighted by Gasteiger charge is -2.39. The van der Waals surface area contributed by atoms with Crippen LogP contribution in [0.3, 0.4) is 0 Å². The Kier molecular flexibility index (Phi) is 7.35. The van der Waals surface area contributed by atoms with E-state index in [-0.39, 0.29) is 17.6 Å². The Labute approximate surface area is 238 Å². The quantitative estimate of drug-likeness (QED) is 0.319. The SMILES string of the molecule is CC(C)n1ncn(-c2ccc(N3CCN(C(C(=O)Nc4cccc5cccnc45)c4ccccc4)CC3)cc2)c1=O. The van der Waals surface area contributed by atoms with Crippen LogP contribution in [0.2, 0.25) is 0 Å². The van der Waals surface area contributed by atoms with Gasteiger partial charge >= 0.3 is 5.69 Å². The smallest absolute Gasteiger partial charge is 0.350 e. The van der Waals surface area contributed by atoms with E-state index in [0.29, 0.717) is 5.69 Å². The third-order valence-electron chi connectivity index (χ3n) is 7.61. The van der Waals surface area contributed by atoms with E-state index in [2.05, 4.69) is 25.2 Å². The molecule has 1 atom stereocenters. The van der Waals surface area contributed by atoms with Crippen LogP contribution in [0.4, 0.5) is 11.4 Å². The molecule has 0 saturated carbocycles. The van der Waals surface area contributed by atoms with Gasteiger partial charge in [-0.2, -0.15) is 5.10 Å². The van der Waals surface area contributed by atoms with Crippen molar-refractivity contribution in [3.63, 3.8) is 0 Å². The number of para-hydroxylation sites is 1. The molecule has 1 N–H and O–H groups in total. The Hall–Kier alpha value is -4.76. The molecule has 2 aromatic heterocycles. The lowest BCUT2D eigenvalue weighted by Crippen LogP contribution is -2.50. The van der Waals surface area contributed by atoms with Crippen molar-refractivity contribution in [2.45, 2.75) is 25.9 Å². The summed E-state index contributed by atoms with van der Waals surface area (Å²) in [5.41, 5.74) is 4.18. The molecule has 1 amide bonds. The third kappa shape index (κ3) is 5.36. The largest absolute Gasteiger partial charge is 0.369 e. The summed E-state index contributed by atoms with van der Waals surface area (Å²) < 4.78 is 3.04. The fourth-order valence-corrected chi connectivity index (χ4v) is 5.48. The molecule has 3 aromatic carbocycles. The molecule has 1 aliphatic rings. The van der Waals surface area contributed by atoms with Crippen molar-refractivity contribution < 1.29 is 4.79 Å². The maximum Gasteiger partial charge on any atom is 0.350 e. The highest BCUT2D eigenvalue weighted by Gasteiger charge is 2.31. The van der Waals surface area contributed by atoms with Gasteiger partial charge in [0.2, 0.25) is 5.91 Å². The van der Waals surface area contributed by atoms with Gasteiger partial charge in [-0.25, -0.2) is 14.0 Å². The fourth-order valence-electron chi connectivity index (χ4n) is 5.48. The minimum Gasteiger partial charge on any atom is -0.369 e. The Morgan fingerprint density at radius 2 is 1.54 bits per heavy atom. The van der Waals surface area contributed by atoms with Gasteiger partial charge in [0.1, 0.15) is 12.4 Å². The third-order valence-corrected chi connectivity index (χ3v) is 7.61. The molecule has 1 aliphatic heterocycles. The molecule has 6 rings (SSSR count). The van der Waals surface area contributed by atoms with Crippen LogP contribution in [0.25, 0.3) is 16.6 Å². The topological polar surface area (TPSA) is 88.3 Å². The van der Waals surface area contributed by atoms with E-state index < -0.39 is 6.04 Å². The van der Waals surface area contributed by atoms with Gasteiger partial charge in [-0.05, 0) is 55.8 Å². The van der Waals surface area contributed by atoms with Crippen LogP contribution in [0.15, 0.2) is 102 Å². The van der Waals surface area contributed by atoms with Crippen molar-refractivity contribution >= 4 is 28.2 Å². The number of nitrogens with zero attached hydrogens (tertiary/aromatic N) is 6. The fraction of sp³-hybridized carbons (Fsp3) is 0.250. The zero-order valence-electron chi connectivity index (χ0n) is 23.2. The second-order valence-corrected chi connectivity index (χ2v) is 10.5. The molecule has 9 nitrogen and oxygen atoms in total. The number of aromatic nitrogens is 4. The van der Waals surface area contributed by atoms with Gasteiger partial charge in [0.15, 0.2) is 0 Å². The second kappa shape index (κ2) is 11.4. The molecular weight excluding hydrogens is 514 g/mol. The molecule has 1 saturated heterocycles. The van der Waals surface area contributed by atoms with Crippen molar-refractivity contribution in [1.29, 1.82) is 0 Å². The lowest BCUT2D eigenvalue weighted by atomic mass is 10.0. The number of hydrogen-bond acceptors (Lipinski definition) is 6. The normalized spacial score (nSPS) is 14.9. The van der Waals surface area contributed by atoms with Gasteiger partial charge in [-0.15, -0.1) is 0 Å². The van der Waals surface area contributed by atoms with E-state index in [9.17, 15) is 9.59 Å². The summed E-state index contributed by atoms with van der Waals surface area (Å²) in [7, 11) is 0. The average molecular weight is 548 g/mol. The van der Waals surface area contributed by atoms with Crippen LogP contribution < -0.4 is 15.9 Å². The number of carbonyl (C=O) groups excluding carboxylic acids is 1. The summed E-state index contributed by atoms with van der Waals surface area (Å²) in [6.07, 6.45) is 3.31. The van der Waals surface area contributed by atoms with E-state index in [4.69, 9.17) is 0 Å². The first-order valence-electron chi connectivity index (χ1n) is 13.9. The number of nitrogens with one attached hydrogen (secondary N) is 1. The zero-order valence-corrected chi connectivity index (χ0v) is 23.2. The number of anilines is 2. The lowest BCUT2D eigenvalue weighted by molar-refractivity contribution is -0.121. The number of fused-ring (bicyclic) bond motifs is 1. The highest BCUT2D eigenvalue weighted by atomic mass is 16.2. The number of amides is 1. The molecule has 1 unspecified atom stereocenters. The van der Waals surface area contributed by atoms with Crippen LogP contribution >= 0.6 is 0 Å². The molecule has 0 spiro atoms. The molecule has 9 heteroatoms. The minimum absolute atomic E-state index is 0.00446. The Morgan fingerprint density at radius 1 is 0.829 bits per heavy atom. The molecule has 1 fully saturated rings. The first-order valence-corrected chi connectivity index (χ1v) is 13.9. The molecule has 0 radical (unpaired) electrons. The van der Waals surface area contributed by atoms with Gasteiger partial charge in [0.05, 0.1) is 22.9 Å². The van der Waals surface area contributed by atoms with Crippen molar-refractivity contribution in [3.8, 4) is 5.69 Å². The van der Waals surface area contributed by atoms with Gasteiger partial charge in [0.25, 0.3) is 0 Å². The summed E-state index contributed by atoms with van der Waals surface area (Å²) in [5, 5.41) is 8.38. The van der Waals surface area contributed by atoms with Crippen molar-refractivity contribution in [1.82, 2.24) is 24.2 Å². The van der Waals surface area contributed by atoms with Crippen molar-refractivity contribution in [2.24, 2.45) is 0 Å². The number of rotatable bonds is 7. The predicted octanol–water partition coefficient (Wildman–Crippen LogP) is 4.67. The van der Waals surface area contributed by atoms with E-state index in [0.717, 1.165) is 54.0 Å². The summed E-state index contributed by atoms with van der Waals surface area (Å²) in [6.45, 7) is 6.88. The number of piperazine rings is 1. The van der Waals surface area contributed by atoms with E-state index in [1.165, 1.54) is 4.68 Å². The molecule has 3 heterocycles. The van der Waals surface area contributed by atoms with Crippen LogP contribution in [0, 0.1) is 0 Å². The maximum atomic E-state index is 13.8. The first kappa shape index (κ1) is 26.5. The summed E-state index contributed by atoms with van der Waals surface area (Å²) in [5.74, 6) is -0.0699. The van der Waals surface area contributed by atoms with Gasteiger partial charge in [0, 0.05) is 43.4 Å². The monoisotopic (exact) mass is 547 g/mol. The van der Waals surface area contributed by atoms with Crippen LogP contribution in [0.5, 0.6) is 0 Å². The number of benzene rings is 3. The number of carbonyl (C=O) groups is 1. The van der Waals surface area contributed by atoms with Gasteiger partial charge < -0.3 is 10.2 Å². The number of hydrogen-bond donors (Lipinski definition) is 1. The first-order chi connectivity index (χ1) is 20.0. The maximum absolute atomic E-state index is 13.8. The van der Waals surface area contributed by atoms with E-state index >= 15 is 0 Å². The standard InChI is InChI=1S/C32H33N7O2/c1-23(2)39-32(41)38(22-34-39)27-15-13-26(14-16-27)36-18-20-37(21-19-36)30(25-8-4-3-5-9-25)31(40)35-28-12-6-10-24-11-7-17-33-29(24)28/h3-17,22-23,30H,18-21H2,1-2H3,(H,35,40). The average Bonchev–Trinajstić information content (AvgIpc) is 3.40. The van der Waals surface area contributed by atoms with Crippen molar-refractivity contribution in [2.75, 3.05) is 36.4 Å². The summed E-state index contributed by atoms with van der Waals surface area (Å²) in [4.78, 5) is 35.5. The summed E-state index contributed by atoms with van der Waals surface area (Å²) in [6, 6.07) is 27.2. The molecule has 0 bridgehead atoms. The molecule has 208 valence electrons. The second-order valence-electron chi connectivity index (χ2n) is 10.5.